The first kappa shape index (κ1) is 20.4. The Morgan fingerprint density at radius 1 is 0.926 bits per heavy atom. The van der Waals surface area contributed by atoms with Gasteiger partial charge in [-0.25, -0.2) is 13.2 Å². The van der Waals surface area contributed by atoms with Crippen LogP contribution in [0.3, 0.4) is 0 Å². The molecule has 0 bridgehead atoms. The van der Waals surface area contributed by atoms with Gasteiger partial charge in [-0.05, 0) is 37.6 Å². The van der Waals surface area contributed by atoms with Crippen molar-refractivity contribution in [2.75, 3.05) is 22.4 Å². The van der Waals surface area contributed by atoms with Gasteiger partial charge in [0.15, 0.2) is 0 Å². The van der Waals surface area contributed by atoms with E-state index < -0.39 is 21.9 Å². The molecule has 2 N–H and O–H groups in total. The van der Waals surface area contributed by atoms with Crippen LogP contribution in [0.2, 0.25) is 0 Å². The Morgan fingerprint density at radius 3 is 2.15 bits per heavy atom. The van der Waals surface area contributed by atoms with Gasteiger partial charge in [-0.2, -0.15) is 0 Å². The lowest BCUT2D eigenvalue weighted by atomic mass is 10.1. The summed E-state index contributed by atoms with van der Waals surface area (Å²) in [6.45, 7) is 3.66. The van der Waals surface area contributed by atoms with E-state index in [0.29, 0.717) is 6.42 Å². The number of hydrogen-bond acceptors (Lipinski definition) is 5. The maximum atomic E-state index is 12.7. The number of ether oxygens (including phenoxy) is 1. The number of hydrogen-bond donors (Lipinski definition) is 2. The second-order valence-corrected chi connectivity index (χ2v) is 7.53. The molecule has 7 nitrogen and oxygen atoms in total. The van der Waals surface area contributed by atoms with Crippen molar-refractivity contribution >= 4 is 33.3 Å². The minimum Gasteiger partial charge on any atom is -0.462 e. The van der Waals surface area contributed by atoms with E-state index in [-0.39, 0.29) is 34.9 Å². The molecule has 0 saturated carbocycles. The average molecular weight is 390 g/mol. The predicted molar refractivity (Wildman–Crippen MR) is 104 cm³/mol. The Labute approximate surface area is 158 Å². The molecule has 2 aromatic rings. The Hall–Kier alpha value is -2.87. The molecule has 0 aliphatic carbocycles. The molecule has 0 aromatic heterocycles. The van der Waals surface area contributed by atoms with Crippen LogP contribution in [0.1, 0.15) is 41.0 Å². The summed E-state index contributed by atoms with van der Waals surface area (Å²) in [4.78, 5) is 24.8. The largest absolute Gasteiger partial charge is 0.462 e. The molecule has 2 rings (SSSR count). The van der Waals surface area contributed by atoms with E-state index in [2.05, 4.69) is 10.0 Å². The van der Waals surface area contributed by atoms with E-state index in [1.807, 2.05) is 0 Å². The minimum atomic E-state index is -3.55. The van der Waals surface area contributed by atoms with Gasteiger partial charge in [-0.15, -0.1) is 0 Å². The highest BCUT2D eigenvalue weighted by Gasteiger charge is 2.18. The van der Waals surface area contributed by atoms with Gasteiger partial charge in [0, 0.05) is 0 Å². The van der Waals surface area contributed by atoms with Crippen LogP contribution in [0.5, 0.6) is 0 Å². The molecule has 0 spiro atoms. The normalized spacial score (nSPS) is 10.9. The van der Waals surface area contributed by atoms with Crippen LogP contribution in [0.4, 0.5) is 11.4 Å². The van der Waals surface area contributed by atoms with E-state index in [0.717, 1.165) is 0 Å². The van der Waals surface area contributed by atoms with E-state index in [4.69, 9.17) is 4.74 Å². The molecule has 0 saturated heterocycles. The van der Waals surface area contributed by atoms with Crippen molar-refractivity contribution in [2.45, 2.75) is 20.3 Å². The standard InChI is InChI=1S/C19H22N2O5S/c1-3-13-27(24,25)21-17-12-8-5-9-14(17)18(22)20-16-11-7-6-10-15(16)19(23)26-4-2/h5-12,21H,3-4,13H2,1-2H3,(H,20,22). The average Bonchev–Trinajstić information content (AvgIpc) is 2.62. The molecule has 1 amide bonds. The Bertz CT molecular complexity index is 925. The zero-order valence-corrected chi connectivity index (χ0v) is 16.0. The van der Waals surface area contributed by atoms with Gasteiger partial charge in [0.05, 0.1) is 34.9 Å². The van der Waals surface area contributed by atoms with Crippen LogP contribution in [-0.4, -0.2) is 32.7 Å². The molecule has 27 heavy (non-hydrogen) atoms. The molecule has 8 heteroatoms. The quantitative estimate of drug-likeness (QED) is 0.674. The molecule has 0 radical (unpaired) electrons. The van der Waals surface area contributed by atoms with Gasteiger partial charge >= 0.3 is 5.97 Å². The Balaban J connectivity index is 2.29. The van der Waals surface area contributed by atoms with Gasteiger partial charge in [0.1, 0.15) is 0 Å². The second-order valence-electron chi connectivity index (χ2n) is 5.69. The summed E-state index contributed by atoms with van der Waals surface area (Å²) >= 11 is 0. The molecular weight excluding hydrogens is 368 g/mol. The number of anilines is 2. The topological polar surface area (TPSA) is 102 Å². The number of esters is 1. The third-order valence-electron chi connectivity index (χ3n) is 3.58. The van der Waals surface area contributed by atoms with E-state index >= 15 is 0 Å². The van der Waals surface area contributed by atoms with E-state index in [1.165, 1.54) is 12.1 Å². The summed E-state index contributed by atoms with van der Waals surface area (Å²) < 4.78 is 31.5. The first-order valence-electron chi connectivity index (χ1n) is 8.55. The smallest absolute Gasteiger partial charge is 0.340 e. The second kappa shape index (κ2) is 9.18. The highest BCUT2D eigenvalue weighted by atomic mass is 32.2. The van der Waals surface area contributed by atoms with Crippen molar-refractivity contribution < 1.29 is 22.7 Å². The summed E-state index contributed by atoms with van der Waals surface area (Å²) in [5.41, 5.74) is 0.830. The Morgan fingerprint density at radius 2 is 1.52 bits per heavy atom. The number of rotatable bonds is 8. The fourth-order valence-electron chi connectivity index (χ4n) is 2.43. The highest BCUT2D eigenvalue weighted by Crippen LogP contribution is 2.21. The zero-order chi connectivity index (χ0) is 19.9. The number of amides is 1. The lowest BCUT2D eigenvalue weighted by Gasteiger charge is -2.14. The lowest BCUT2D eigenvalue weighted by molar-refractivity contribution is 0.0527. The maximum Gasteiger partial charge on any atom is 0.340 e. The summed E-state index contributed by atoms with van der Waals surface area (Å²) in [6, 6.07) is 12.7. The SMILES string of the molecule is CCCS(=O)(=O)Nc1ccccc1C(=O)Nc1ccccc1C(=O)OCC. The summed E-state index contributed by atoms with van der Waals surface area (Å²) in [5.74, 6) is -1.14. The van der Waals surface area contributed by atoms with Gasteiger partial charge in [0.2, 0.25) is 10.0 Å². The lowest BCUT2D eigenvalue weighted by Crippen LogP contribution is -2.21. The van der Waals surface area contributed by atoms with Crippen LogP contribution in [0.15, 0.2) is 48.5 Å². The number of para-hydroxylation sites is 2. The fraction of sp³-hybridized carbons (Fsp3) is 0.263. The van der Waals surface area contributed by atoms with Crippen molar-refractivity contribution in [3.8, 4) is 0 Å². The predicted octanol–water partition coefficient (Wildman–Crippen LogP) is 3.27. The minimum absolute atomic E-state index is 0.0470. The van der Waals surface area contributed by atoms with Crippen molar-refractivity contribution in [1.82, 2.24) is 0 Å². The van der Waals surface area contributed by atoms with Crippen molar-refractivity contribution in [1.29, 1.82) is 0 Å². The van der Waals surface area contributed by atoms with Crippen LogP contribution in [0, 0.1) is 0 Å². The third-order valence-corrected chi connectivity index (χ3v) is 5.06. The van der Waals surface area contributed by atoms with E-state index in [9.17, 15) is 18.0 Å². The summed E-state index contributed by atoms with van der Waals surface area (Å²) in [5, 5.41) is 2.65. The molecule has 144 valence electrons. The zero-order valence-electron chi connectivity index (χ0n) is 15.2. The van der Waals surface area contributed by atoms with Gasteiger partial charge in [-0.1, -0.05) is 31.2 Å². The van der Waals surface area contributed by atoms with Crippen molar-refractivity contribution in [3.63, 3.8) is 0 Å². The van der Waals surface area contributed by atoms with Crippen LogP contribution in [0.25, 0.3) is 0 Å². The Kier molecular flexibility index (Phi) is 6.95. The van der Waals surface area contributed by atoms with Gasteiger partial charge in [0.25, 0.3) is 5.91 Å². The number of carbonyl (C=O) groups excluding carboxylic acids is 2. The fourth-order valence-corrected chi connectivity index (χ4v) is 3.58. The van der Waals surface area contributed by atoms with Crippen LogP contribution in [-0.2, 0) is 14.8 Å². The maximum absolute atomic E-state index is 12.7. The summed E-state index contributed by atoms with van der Waals surface area (Å²) in [7, 11) is -3.55. The summed E-state index contributed by atoms with van der Waals surface area (Å²) in [6.07, 6.45) is 0.455. The molecule has 0 fully saturated rings. The van der Waals surface area contributed by atoms with Crippen molar-refractivity contribution in [2.24, 2.45) is 0 Å². The number of sulfonamides is 1. The number of carbonyl (C=O) groups is 2. The molecule has 2 aromatic carbocycles. The third kappa shape index (κ3) is 5.55. The number of nitrogens with one attached hydrogen (secondary N) is 2. The molecular formula is C19H22N2O5S. The molecule has 0 heterocycles. The van der Waals surface area contributed by atoms with Gasteiger partial charge in [-0.3, -0.25) is 9.52 Å². The first-order chi connectivity index (χ1) is 12.9. The molecule has 0 aliphatic heterocycles. The molecule has 0 unspecified atom stereocenters. The van der Waals surface area contributed by atoms with Gasteiger partial charge < -0.3 is 10.1 Å². The molecule has 0 atom stereocenters. The van der Waals surface area contributed by atoms with Crippen molar-refractivity contribution in [3.05, 3.63) is 59.7 Å². The highest BCUT2D eigenvalue weighted by molar-refractivity contribution is 7.92. The monoisotopic (exact) mass is 390 g/mol. The molecule has 0 aliphatic rings. The first-order valence-corrected chi connectivity index (χ1v) is 10.2. The van der Waals surface area contributed by atoms with Crippen LogP contribution >= 0.6 is 0 Å². The van der Waals surface area contributed by atoms with E-state index in [1.54, 1.807) is 50.2 Å². The van der Waals surface area contributed by atoms with Crippen LogP contribution < -0.4 is 10.0 Å². The number of benzene rings is 2.